The van der Waals surface area contributed by atoms with E-state index >= 15 is 0 Å². The van der Waals surface area contributed by atoms with Gasteiger partial charge >= 0.3 is 11.9 Å². The number of benzene rings is 1. The summed E-state index contributed by atoms with van der Waals surface area (Å²) in [7, 11) is 0. The van der Waals surface area contributed by atoms with Crippen LogP contribution in [-0.2, 0) is 19.1 Å². The minimum absolute atomic E-state index is 0.359. The fraction of sp³-hybridized carbons (Fsp3) is 0.550. The lowest BCUT2D eigenvalue weighted by molar-refractivity contribution is -0.179. The number of hydrogen-bond donors (Lipinski definition) is 2. The molecular weight excluding hydrogens is 382 g/mol. The van der Waals surface area contributed by atoms with Gasteiger partial charge in [-0.05, 0) is 46.8 Å². The number of β-lactam (4-membered cyclic amide) rings is 1. The highest BCUT2D eigenvalue weighted by Crippen LogP contribution is 2.46. The van der Waals surface area contributed by atoms with E-state index in [4.69, 9.17) is 4.74 Å². The Kier molecular flexibility index (Phi) is 6.45. The Bertz CT molecular complexity index is 745. The molecule has 1 aromatic carbocycles. The normalized spacial score (nSPS) is 22.8. The first kappa shape index (κ1) is 22.2. The largest absolute Gasteiger partial charge is 0.480 e. The van der Waals surface area contributed by atoms with E-state index in [-0.39, 0.29) is 6.54 Å². The summed E-state index contributed by atoms with van der Waals surface area (Å²) in [5.41, 5.74) is -0.723. The van der Waals surface area contributed by atoms with Gasteiger partial charge in [0.25, 0.3) is 0 Å². The van der Waals surface area contributed by atoms with E-state index in [1.165, 1.54) is 18.7 Å². The summed E-state index contributed by atoms with van der Waals surface area (Å²) in [6.45, 7) is 7.75. The molecule has 0 spiro atoms. The first-order chi connectivity index (χ1) is 12.9. The fourth-order valence-corrected chi connectivity index (χ4v) is 4.60. The number of esters is 1. The lowest BCUT2D eigenvalue weighted by Crippen LogP contribution is -2.73. The minimum atomic E-state index is -1.46. The van der Waals surface area contributed by atoms with Gasteiger partial charge < -0.3 is 19.8 Å². The van der Waals surface area contributed by atoms with Crippen LogP contribution in [0.3, 0.4) is 0 Å². The number of carboxylic acids is 1. The molecule has 1 aliphatic heterocycles. The fourth-order valence-electron chi connectivity index (χ4n) is 3.34. The first-order valence-electron chi connectivity index (χ1n) is 9.04. The van der Waals surface area contributed by atoms with Crippen LogP contribution in [0.2, 0.25) is 0 Å². The molecule has 7 nitrogen and oxygen atoms in total. The van der Waals surface area contributed by atoms with Crippen LogP contribution in [0, 0.1) is 5.92 Å². The SMILES string of the molecule is C[C@@H](O)[C@H]1C(=O)N(CC(=O)OC(C)(C)C)[C@@H]1[C@@](C)(Sc1ccccc1)C(=O)O. The van der Waals surface area contributed by atoms with Gasteiger partial charge in [0, 0.05) is 4.90 Å². The van der Waals surface area contributed by atoms with Crippen LogP contribution in [0.5, 0.6) is 0 Å². The summed E-state index contributed by atoms with van der Waals surface area (Å²) in [4.78, 5) is 39.0. The summed E-state index contributed by atoms with van der Waals surface area (Å²) in [5.74, 6) is -3.10. The molecule has 2 rings (SSSR count). The zero-order valence-electron chi connectivity index (χ0n) is 16.7. The van der Waals surface area contributed by atoms with Gasteiger partial charge in [-0.15, -0.1) is 11.8 Å². The predicted octanol–water partition coefficient (Wildman–Crippen LogP) is 2.17. The lowest BCUT2D eigenvalue weighted by atomic mass is 9.76. The van der Waals surface area contributed by atoms with Gasteiger partial charge in [-0.2, -0.15) is 0 Å². The van der Waals surface area contributed by atoms with E-state index < -0.39 is 46.3 Å². The van der Waals surface area contributed by atoms with E-state index in [9.17, 15) is 24.6 Å². The molecule has 0 aromatic heterocycles. The summed E-state index contributed by atoms with van der Waals surface area (Å²) in [6, 6.07) is 8.10. The second-order valence-corrected chi connectivity index (χ2v) is 9.61. The number of carbonyl (C=O) groups is 3. The third-order valence-electron chi connectivity index (χ3n) is 4.55. The number of aliphatic hydroxyl groups excluding tert-OH is 1. The lowest BCUT2D eigenvalue weighted by Gasteiger charge is -2.53. The molecule has 1 saturated heterocycles. The number of rotatable bonds is 7. The maximum atomic E-state index is 12.6. The van der Waals surface area contributed by atoms with E-state index in [0.29, 0.717) is 4.90 Å². The second kappa shape index (κ2) is 8.13. The molecule has 0 unspecified atom stereocenters. The summed E-state index contributed by atoms with van der Waals surface area (Å²) >= 11 is 1.09. The number of amides is 1. The molecular formula is C20H27NO6S. The molecule has 1 aliphatic rings. The van der Waals surface area contributed by atoms with Crippen LogP contribution in [-0.4, -0.2) is 62.0 Å². The molecule has 1 amide bonds. The number of hydrogen-bond acceptors (Lipinski definition) is 6. The zero-order chi connectivity index (χ0) is 21.3. The van der Waals surface area contributed by atoms with E-state index in [1.54, 1.807) is 45.0 Å². The maximum absolute atomic E-state index is 12.6. The van der Waals surface area contributed by atoms with Crippen LogP contribution in [0.15, 0.2) is 35.2 Å². The minimum Gasteiger partial charge on any atom is -0.480 e. The summed E-state index contributed by atoms with van der Waals surface area (Å²) < 4.78 is 3.82. The molecule has 154 valence electrons. The summed E-state index contributed by atoms with van der Waals surface area (Å²) in [6.07, 6.45) is -1.04. The van der Waals surface area contributed by atoms with Gasteiger partial charge in [0.05, 0.1) is 18.1 Å². The Morgan fingerprint density at radius 3 is 2.25 bits per heavy atom. The molecule has 0 bridgehead atoms. The van der Waals surface area contributed by atoms with Gasteiger partial charge in [-0.1, -0.05) is 18.2 Å². The third-order valence-corrected chi connectivity index (χ3v) is 5.89. The zero-order valence-corrected chi connectivity index (χ0v) is 17.5. The molecule has 8 heteroatoms. The van der Waals surface area contributed by atoms with Crippen molar-refractivity contribution in [1.29, 1.82) is 0 Å². The molecule has 2 N–H and O–H groups in total. The molecule has 0 radical (unpaired) electrons. The van der Waals surface area contributed by atoms with Crippen molar-refractivity contribution in [2.75, 3.05) is 6.54 Å². The molecule has 1 heterocycles. The van der Waals surface area contributed by atoms with Crippen molar-refractivity contribution < 1.29 is 29.3 Å². The smallest absolute Gasteiger partial charge is 0.326 e. The number of aliphatic hydroxyl groups is 1. The molecule has 1 aromatic rings. The standard InChI is InChI=1S/C20H27NO6S/c1-12(22)15-16(21(17(15)24)11-14(23)27-19(2,3)4)20(5,18(25)26)28-13-9-7-6-8-10-13/h6-10,12,15-16,22H,11H2,1-5H3,(H,25,26)/t12-,15-,16+,20-/m1/s1. The Balaban J connectivity index is 2.34. The first-order valence-corrected chi connectivity index (χ1v) is 9.86. The van der Waals surface area contributed by atoms with Gasteiger partial charge in [0.1, 0.15) is 16.9 Å². The van der Waals surface area contributed by atoms with Crippen LogP contribution in [0.4, 0.5) is 0 Å². The third kappa shape index (κ3) is 4.67. The van der Waals surface area contributed by atoms with Gasteiger partial charge in [0.15, 0.2) is 0 Å². The quantitative estimate of drug-likeness (QED) is 0.404. The Labute approximate surface area is 169 Å². The van der Waals surface area contributed by atoms with Crippen molar-refractivity contribution in [3.63, 3.8) is 0 Å². The number of ether oxygens (including phenoxy) is 1. The van der Waals surface area contributed by atoms with E-state index in [1.807, 2.05) is 6.07 Å². The van der Waals surface area contributed by atoms with Crippen molar-refractivity contribution in [1.82, 2.24) is 4.90 Å². The Hall–Kier alpha value is -2.06. The number of carbonyl (C=O) groups excluding carboxylic acids is 2. The Morgan fingerprint density at radius 1 is 1.21 bits per heavy atom. The van der Waals surface area contributed by atoms with Crippen molar-refractivity contribution >= 4 is 29.6 Å². The van der Waals surface area contributed by atoms with Crippen LogP contribution in [0.25, 0.3) is 0 Å². The number of nitrogens with zero attached hydrogens (tertiary/aromatic N) is 1. The van der Waals surface area contributed by atoms with Gasteiger partial charge in [-0.25, -0.2) is 0 Å². The van der Waals surface area contributed by atoms with Crippen molar-refractivity contribution in [3.8, 4) is 0 Å². The highest BCUT2D eigenvalue weighted by molar-refractivity contribution is 8.01. The summed E-state index contributed by atoms with van der Waals surface area (Å²) in [5, 5.41) is 20.1. The van der Waals surface area contributed by atoms with E-state index in [0.717, 1.165) is 11.8 Å². The number of likely N-dealkylation sites (tertiary alicyclic amines) is 1. The monoisotopic (exact) mass is 409 g/mol. The van der Waals surface area contributed by atoms with Crippen LogP contribution >= 0.6 is 11.8 Å². The van der Waals surface area contributed by atoms with Crippen LogP contribution < -0.4 is 0 Å². The number of aliphatic carboxylic acids is 1. The topological polar surface area (TPSA) is 104 Å². The molecule has 0 saturated carbocycles. The van der Waals surface area contributed by atoms with Gasteiger partial charge in [0.2, 0.25) is 5.91 Å². The maximum Gasteiger partial charge on any atom is 0.326 e. The number of thioether (sulfide) groups is 1. The molecule has 0 aliphatic carbocycles. The average molecular weight is 410 g/mol. The highest BCUT2D eigenvalue weighted by Gasteiger charge is 2.61. The second-order valence-electron chi connectivity index (χ2n) is 8.09. The van der Waals surface area contributed by atoms with Crippen molar-refractivity contribution in [2.24, 2.45) is 5.92 Å². The molecule has 28 heavy (non-hydrogen) atoms. The number of carboxylic acid groups (broad SMARTS) is 1. The van der Waals surface area contributed by atoms with Crippen LogP contribution in [0.1, 0.15) is 34.6 Å². The highest BCUT2D eigenvalue weighted by atomic mass is 32.2. The average Bonchev–Trinajstić information content (AvgIpc) is 2.55. The molecule has 1 fully saturated rings. The van der Waals surface area contributed by atoms with E-state index in [2.05, 4.69) is 0 Å². The van der Waals surface area contributed by atoms with Crippen molar-refractivity contribution in [2.45, 2.75) is 62.0 Å². The molecule has 4 atom stereocenters. The Morgan fingerprint density at radius 2 is 1.79 bits per heavy atom. The van der Waals surface area contributed by atoms with Crippen molar-refractivity contribution in [3.05, 3.63) is 30.3 Å². The van der Waals surface area contributed by atoms with Gasteiger partial charge in [-0.3, -0.25) is 14.4 Å². The predicted molar refractivity (Wildman–Crippen MR) is 105 cm³/mol.